The van der Waals surface area contributed by atoms with Gasteiger partial charge in [-0.2, -0.15) is 0 Å². The number of hydrogen-bond donors (Lipinski definition) is 2. The van der Waals surface area contributed by atoms with Gasteiger partial charge in [0.1, 0.15) is 17.2 Å². The van der Waals surface area contributed by atoms with Gasteiger partial charge in [0.05, 0.1) is 4.90 Å². The monoisotopic (exact) mass is 454 g/mol. The third-order valence-electron chi connectivity index (χ3n) is 4.31. The summed E-state index contributed by atoms with van der Waals surface area (Å²) >= 11 is 0. The molecule has 2 amide bonds. The van der Waals surface area contributed by atoms with Gasteiger partial charge < -0.3 is 9.47 Å². The third-order valence-corrected chi connectivity index (χ3v) is 5.44. The molecule has 0 saturated carbocycles. The zero-order chi connectivity index (χ0) is 23.1. The van der Waals surface area contributed by atoms with Crippen molar-refractivity contribution < 1.29 is 27.5 Å². The van der Waals surface area contributed by atoms with Gasteiger partial charge in [-0.3, -0.25) is 20.4 Å². The molecule has 3 aromatic carbocycles. The molecule has 0 unspecified atom stereocenters. The minimum atomic E-state index is -3.35. The van der Waals surface area contributed by atoms with Gasteiger partial charge in [-0.05, 0) is 67.6 Å². The van der Waals surface area contributed by atoms with Crippen LogP contribution in [-0.4, -0.2) is 33.1 Å². The van der Waals surface area contributed by atoms with Crippen molar-refractivity contribution in [2.45, 2.75) is 11.8 Å². The number of carbonyl (C=O) groups excluding carboxylic acids is 2. The summed E-state index contributed by atoms with van der Waals surface area (Å²) < 4.78 is 34.0. The molecule has 8 nitrogen and oxygen atoms in total. The topological polar surface area (TPSA) is 111 Å². The van der Waals surface area contributed by atoms with Gasteiger partial charge in [0.2, 0.25) is 0 Å². The highest BCUT2D eigenvalue weighted by Crippen LogP contribution is 2.24. The van der Waals surface area contributed by atoms with Crippen LogP contribution in [0.1, 0.15) is 15.9 Å². The molecule has 3 aromatic rings. The van der Waals surface area contributed by atoms with E-state index in [0.717, 1.165) is 11.8 Å². The highest BCUT2D eigenvalue weighted by Gasteiger charge is 2.11. The van der Waals surface area contributed by atoms with Crippen LogP contribution in [0.15, 0.2) is 77.7 Å². The van der Waals surface area contributed by atoms with Crippen molar-refractivity contribution in [3.8, 4) is 17.2 Å². The number of carbonyl (C=O) groups is 2. The minimum absolute atomic E-state index is 0.0989. The zero-order valence-electron chi connectivity index (χ0n) is 17.5. The van der Waals surface area contributed by atoms with Crippen molar-refractivity contribution in [3.63, 3.8) is 0 Å². The maximum Gasteiger partial charge on any atom is 0.276 e. The number of sulfone groups is 1. The summed E-state index contributed by atoms with van der Waals surface area (Å²) in [7, 11) is -3.35. The number of rotatable bonds is 7. The molecule has 0 bridgehead atoms. The largest absolute Gasteiger partial charge is 0.484 e. The molecule has 166 valence electrons. The Hall–Kier alpha value is -3.85. The summed E-state index contributed by atoms with van der Waals surface area (Å²) in [5.41, 5.74) is 5.82. The Balaban J connectivity index is 1.44. The van der Waals surface area contributed by atoms with E-state index in [0.29, 0.717) is 17.2 Å². The molecule has 0 heterocycles. The lowest BCUT2D eigenvalue weighted by Crippen LogP contribution is -2.43. The van der Waals surface area contributed by atoms with E-state index in [1.807, 2.05) is 31.2 Å². The second-order valence-corrected chi connectivity index (χ2v) is 8.99. The number of hydrogen-bond acceptors (Lipinski definition) is 6. The first-order chi connectivity index (χ1) is 15.2. The molecule has 3 rings (SSSR count). The van der Waals surface area contributed by atoms with Crippen molar-refractivity contribution in [1.29, 1.82) is 0 Å². The number of nitrogens with one attached hydrogen (secondary N) is 2. The van der Waals surface area contributed by atoms with Crippen LogP contribution in [0.25, 0.3) is 0 Å². The average molecular weight is 455 g/mol. The van der Waals surface area contributed by atoms with Crippen LogP contribution >= 0.6 is 0 Å². The smallest absolute Gasteiger partial charge is 0.276 e. The van der Waals surface area contributed by atoms with Crippen LogP contribution in [0.4, 0.5) is 0 Å². The Morgan fingerprint density at radius 1 is 0.781 bits per heavy atom. The first-order valence-electron chi connectivity index (χ1n) is 9.57. The molecular formula is C23H22N2O6S. The highest BCUT2D eigenvalue weighted by atomic mass is 32.2. The summed E-state index contributed by atoms with van der Waals surface area (Å²) in [6.07, 6.45) is 1.08. The predicted molar refractivity (Wildman–Crippen MR) is 118 cm³/mol. The van der Waals surface area contributed by atoms with Crippen molar-refractivity contribution in [2.75, 3.05) is 12.9 Å². The Kier molecular flexibility index (Phi) is 7.11. The van der Waals surface area contributed by atoms with Crippen LogP contribution in [0.3, 0.4) is 0 Å². The van der Waals surface area contributed by atoms with E-state index >= 15 is 0 Å². The summed E-state index contributed by atoms with van der Waals surface area (Å²) in [5, 5.41) is 0. The Bertz CT molecular complexity index is 1190. The van der Waals surface area contributed by atoms with Crippen molar-refractivity contribution in [1.82, 2.24) is 10.9 Å². The molecule has 2 N–H and O–H groups in total. The lowest BCUT2D eigenvalue weighted by atomic mass is 10.2. The van der Waals surface area contributed by atoms with E-state index in [1.54, 1.807) is 24.3 Å². The van der Waals surface area contributed by atoms with E-state index in [4.69, 9.17) is 9.47 Å². The van der Waals surface area contributed by atoms with Crippen LogP contribution in [0.2, 0.25) is 0 Å². The highest BCUT2D eigenvalue weighted by molar-refractivity contribution is 7.90. The van der Waals surface area contributed by atoms with Gasteiger partial charge in [-0.15, -0.1) is 0 Å². The fourth-order valence-corrected chi connectivity index (χ4v) is 3.21. The normalized spacial score (nSPS) is 10.8. The summed E-state index contributed by atoms with van der Waals surface area (Å²) in [5.74, 6) is 0.645. The predicted octanol–water partition coefficient (Wildman–Crippen LogP) is 3.03. The Morgan fingerprint density at radius 3 is 1.88 bits per heavy atom. The molecule has 0 fully saturated rings. The Morgan fingerprint density at radius 2 is 1.31 bits per heavy atom. The SMILES string of the molecule is Cc1ccc(Oc2ccc(OCC(=O)NNC(=O)c3ccc(S(C)(=O)=O)cc3)cc2)cc1. The van der Waals surface area contributed by atoms with Gasteiger partial charge in [-0.1, -0.05) is 17.7 Å². The number of ether oxygens (including phenoxy) is 2. The first-order valence-corrected chi connectivity index (χ1v) is 11.5. The van der Waals surface area contributed by atoms with E-state index in [1.165, 1.54) is 24.3 Å². The minimum Gasteiger partial charge on any atom is -0.484 e. The van der Waals surface area contributed by atoms with Crippen LogP contribution in [0, 0.1) is 6.92 Å². The van der Waals surface area contributed by atoms with Crippen LogP contribution in [-0.2, 0) is 14.6 Å². The van der Waals surface area contributed by atoms with E-state index in [9.17, 15) is 18.0 Å². The molecule has 0 radical (unpaired) electrons. The maximum absolute atomic E-state index is 12.1. The molecule has 9 heteroatoms. The second-order valence-electron chi connectivity index (χ2n) is 6.97. The summed E-state index contributed by atoms with van der Waals surface area (Å²) in [4.78, 5) is 24.1. The van der Waals surface area contributed by atoms with Gasteiger partial charge in [0.25, 0.3) is 11.8 Å². The molecule has 0 saturated heterocycles. The van der Waals surface area contributed by atoms with E-state index in [-0.39, 0.29) is 17.1 Å². The number of hydrazine groups is 1. The summed E-state index contributed by atoms with van der Waals surface area (Å²) in [6, 6.07) is 19.8. The third kappa shape index (κ3) is 6.58. The molecule has 0 aromatic heterocycles. The van der Waals surface area contributed by atoms with Crippen molar-refractivity contribution in [2.24, 2.45) is 0 Å². The summed E-state index contributed by atoms with van der Waals surface area (Å²) in [6.45, 7) is 1.68. The second kappa shape index (κ2) is 9.97. The van der Waals surface area contributed by atoms with Gasteiger partial charge in [-0.25, -0.2) is 8.42 Å². The molecule has 0 aliphatic rings. The lowest BCUT2D eigenvalue weighted by molar-refractivity contribution is -0.123. The van der Waals surface area contributed by atoms with E-state index < -0.39 is 21.7 Å². The van der Waals surface area contributed by atoms with Gasteiger partial charge in [0.15, 0.2) is 16.4 Å². The average Bonchev–Trinajstić information content (AvgIpc) is 2.78. The lowest BCUT2D eigenvalue weighted by Gasteiger charge is -2.10. The van der Waals surface area contributed by atoms with Crippen molar-refractivity contribution in [3.05, 3.63) is 83.9 Å². The molecule has 0 atom stereocenters. The number of aryl methyl sites for hydroxylation is 1. The fourth-order valence-electron chi connectivity index (χ4n) is 2.58. The molecule has 32 heavy (non-hydrogen) atoms. The molecular weight excluding hydrogens is 432 g/mol. The quantitative estimate of drug-likeness (QED) is 0.531. The van der Waals surface area contributed by atoms with Gasteiger partial charge in [0, 0.05) is 11.8 Å². The van der Waals surface area contributed by atoms with Crippen LogP contribution in [0.5, 0.6) is 17.2 Å². The standard InChI is InChI=1S/C23H22N2O6S/c1-16-3-7-19(8-4-16)31-20-11-9-18(10-12-20)30-15-22(26)24-25-23(27)17-5-13-21(14-6-17)32(2,28)29/h3-14H,15H2,1-2H3,(H,24,26)(H,25,27). The molecule has 0 aliphatic carbocycles. The fraction of sp³-hybridized carbons (Fsp3) is 0.130. The number of amides is 2. The molecule has 0 spiro atoms. The zero-order valence-corrected chi connectivity index (χ0v) is 18.3. The maximum atomic E-state index is 12.1. The van der Waals surface area contributed by atoms with E-state index in [2.05, 4.69) is 10.9 Å². The first kappa shape index (κ1) is 22.8. The van der Waals surface area contributed by atoms with Crippen LogP contribution < -0.4 is 20.3 Å². The number of benzene rings is 3. The Labute approximate surface area is 186 Å². The van der Waals surface area contributed by atoms with Crippen molar-refractivity contribution >= 4 is 21.7 Å². The van der Waals surface area contributed by atoms with Gasteiger partial charge >= 0.3 is 0 Å². The molecule has 0 aliphatic heterocycles.